The summed E-state index contributed by atoms with van der Waals surface area (Å²) in [6, 6.07) is 8.20. The fourth-order valence-electron chi connectivity index (χ4n) is 1.98. The number of nitrogens with zero attached hydrogens (tertiary/aromatic N) is 2. The summed E-state index contributed by atoms with van der Waals surface area (Å²) < 4.78 is 2.13. The zero-order chi connectivity index (χ0) is 13.0. The van der Waals surface area contributed by atoms with Crippen LogP contribution in [-0.2, 0) is 6.54 Å². The van der Waals surface area contributed by atoms with Gasteiger partial charge in [-0.1, -0.05) is 29.8 Å². The Hall–Kier alpha value is -1.32. The third-order valence-electron chi connectivity index (χ3n) is 3.10. The molecule has 0 unspecified atom stereocenters. The van der Waals surface area contributed by atoms with Gasteiger partial charge in [0.1, 0.15) is 5.82 Å². The summed E-state index contributed by atoms with van der Waals surface area (Å²) in [6.45, 7) is 5.95. The van der Waals surface area contributed by atoms with Crippen molar-refractivity contribution in [3.05, 3.63) is 53.1 Å². The molecule has 96 valence electrons. The van der Waals surface area contributed by atoms with Crippen LogP contribution in [-0.4, -0.2) is 16.1 Å². The summed E-state index contributed by atoms with van der Waals surface area (Å²) in [7, 11) is 0. The first kappa shape index (κ1) is 13.1. The van der Waals surface area contributed by atoms with Crippen molar-refractivity contribution < 1.29 is 0 Å². The van der Waals surface area contributed by atoms with Gasteiger partial charge in [0.05, 0.1) is 0 Å². The lowest BCUT2D eigenvalue weighted by Crippen LogP contribution is -2.23. The van der Waals surface area contributed by atoms with Crippen LogP contribution >= 0.6 is 11.6 Å². The van der Waals surface area contributed by atoms with Crippen LogP contribution in [0.15, 0.2) is 36.7 Å². The molecular formula is C14H18ClN3. The van der Waals surface area contributed by atoms with E-state index in [1.54, 1.807) is 0 Å². The number of rotatable bonds is 5. The van der Waals surface area contributed by atoms with Gasteiger partial charge in [0.25, 0.3) is 0 Å². The highest BCUT2D eigenvalue weighted by Crippen LogP contribution is 2.21. The molecule has 0 saturated heterocycles. The largest absolute Gasteiger partial charge is 0.334 e. The van der Waals surface area contributed by atoms with Crippen LogP contribution in [0.25, 0.3) is 0 Å². The second kappa shape index (κ2) is 6.03. The monoisotopic (exact) mass is 263 g/mol. The Bertz CT molecular complexity index is 507. The van der Waals surface area contributed by atoms with Crippen molar-refractivity contribution in [2.24, 2.45) is 0 Å². The second-order valence-corrected chi connectivity index (χ2v) is 4.77. The van der Waals surface area contributed by atoms with Crippen LogP contribution in [0.4, 0.5) is 0 Å². The van der Waals surface area contributed by atoms with E-state index >= 15 is 0 Å². The highest BCUT2D eigenvalue weighted by Gasteiger charge is 2.07. The van der Waals surface area contributed by atoms with Gasteiger partial charge < -0.3 is 9.88 Å². The number of aryl methyl sites for hydroxylation is 1. The standard InChI is InChI=1S/C14H18ClN3/c1-11(13-5-3-4-6-14(13)15)16-7-9-18-10-8-17-12(18)2/h3-6,8,10-11,16H,7,9H2,1-2H3/t11-/m0/s1. The van der Waals surface area contributed by atoms with Crippen LogP contribution in [0.1, 0.15) is 24.4 Å². The van der Waals surface area contributed by atoms with Gasteiger partial charge in [0.15, 0.2) is 0 Å². The summed E-state index contributed by atoms with van der Waals surface area (Å²) >= 11 is 6.17. The molecule has 0 saturated carbocycles. The van der Waals surface area contributed by atoms with Crippen LogP contribution < -0.4 is 5.32 Å². The molecule has 0 amide bonds. The SMILES string of the molecule is Cc1nccn1CCN[C@@H](C)c1ccccc1Cl. The Morgan fingerprint density at radius 2 is 2.17 bits per heavy atom. The molecule has 4 heteroatoms. The number of hydrogen-bond acceptors (Lipinski definition) is 2. The first-order chi connectivity index (χ1) is 8.68. The smallest absolute Gasteiger partial charge is 0.105 e. The fraction of sp³-hybridized carbons (Fsp3) is 0.357. The lowest BCUT2D eigenvalue weighted by Gasteiger charge is -2.16. The number of imidazole rings is 1. The molecule has 2 rings (SSSR count). The molecule has 1 atom stereocenters. The predicted octanol–water partition coefficient (Wildman–Crippen LogP) is 3.20. The minimum absolute atomic E-state index is 0.252. The average molecular weight is 264 g/mol. The van der Waals surface area contributed by atoms with Crippen molar-refractivity contribution in [1.29, 1.82) is 0 Å². The summed E-state index contributed by atoms with van der Waals surface area (Å²) in [5.41, 5.74) is 1.14. The van der Waals surface area contributed by atoms with E-state index in [9.17, 15) is 0 Å². The minimum Gasteiger partial charge on any atom is -0.334 e. The summed E-state index contributed by atoms with van der Waals surface area (Å²) in [6.07, 6.45) is 3.82. The van der Waals surface area contributed by atoms with Gasteiger partial charge in [-0.15, -0.1) is 0 Å². The van der Waals surface area contributed by atoms with E-state index in [1.807, 2.05) is 37.5 Å². The number of nitrogens with one attached hydrogen (secondary N) is 1. The van der Waals surface area contributed by atoms with Crippen molar-refractivity contribution in [1.82, 2.24) is 14.9 Å². The molecule has 0 aliphatic heterocycles. The van der Waals surface area contributed by atoms with E-state index in [1.165, 1.54) is 0 Å². The maximum atomic E-state index is 6.17. The zero-order valence-electron chi connectivity index (χ0n) is 10.7. The van der Waals surface area contributed by atoms with Crippen molar-refractivity contribution >= 4 is 11.6 Å². The van der Waals surface area contributed by atoms with E-state index in [2.05, 4.69) is 27.9 Å². The Kier molecular flexibility index (Phi) is 4.39. The number of benzene rings is 1. The lowest BCUT2D eigenvalue weighted by atomic mass is 10.1. The molecular weight excluding hydrogens is 246 g/mol. The summed E-state index contributed by atoms with van der Waals surface area (Å²) in [5, 5.41) is 4.29. The zero-order valence-corrected chi connectivity index (χ0v) is 11.5. The maximum absolute atomic E-state index is 6.17. The molecule has 1 aromatic carbocycles. The van der Waals surface area contributed by atoms with E-state index in [-0.39, 0.29) is 6.04 Å². The minimum atomic E-state index is 0.252. The molecule has 1 heterocycles. The maximum Gasteiger partial charge on any atom is 0.105 e. The van der Waals surface area contributed by atoms with Gasteiger partial charge in [-0.05, 0) is 25.5 Å². The van der Waals surface area contributed by atoms with Crippen LogP contribution in [0.5, 0.6) is 0 Å². The van der Waals surface area contributed by atoms with E-state index < -0.39 is 0 Å². The average Bonchev–Trinajstić information content (AvgIpc) is 2.75. The normalized spacial score (nSPS) is 12.6. The van der Waals surface area contributed by atoms with Crippen LogP contribution in [0.2, 0.25) is 5.02 Å². The van der Waals surface area contributed by atoms with Crippen LogP contribution in [0.3, 0.4) is 0 Å². The molecule has 0 aliphatic carbocycles. The van der Waals surface area contributed by atoms with Gasteiger partial charge in [-0.3, -0.25) is 0 Å². The molecule has 0 bridgehead atoms. The lowest BCUT2D eigenvalue weighted by molar-refractivity contribution is 0.526. The van der Waals surface area contributed by atoms with Crippen molar-refractivity contribution in [2.45, 2.75) is 26.4 Å². The number of hydrogen-bond donors (Lipinski definition) is 1. The predicted molar refractivity (Wildman–Crippen MR) is 74.8 cm³/mol. The molecule has 0 radical (unpaired) electrons. The number of aromatic nitrogens is 2. The quantitative estimate of drug-likeness (QED) is 0.898. The molecule has 2 aromatic rings. The molecule has 3 nitrogen and oxygen atoms in total. The topological polar surface area (TPSA) is 29.9 Å². The van der Waals surface area contributed by atoms with Crippen molar-refractivity contribution in [3.63, 3.8) is 0 Å². The fourth-order valence-corrected chi connectivity index (χ4v) is 2.28. The third kappa shape index (κ3) is 3.12. The second-order valence-electron chi connectivity index (χ2n) is 4.37. The highest BCUT2D eigenvalue weighted by molar-refractivity contribution is 6.31. The Morgan fingerprint density at radius 3 is 2.83 bits per heavy atom. The van der Waals surface area contributed by atoms with E-state index in [0.29, 0.717) is 0 Å². The van der Waals surface area contributed by atoms with Crippen LogP contribution in [0, 0.1) is 6.92 Å². The van der Waals surface area contributed by atoms with Gasteiger partial charge in [0, 0.05) is 36.5 Å². The molecule has 0 aliphatic rings. The Labute approximate surface area is 113 Å². The van der Waals surface area contributed by atoms with Crippen molar-refractivity contribution in [2.75, 3.05) is 6.54 Å². The highest BCUT2D eigenvalue weighted by atomic mass is 35.5. The summed E-state index contributed by atoms with van der Waals surface area (Å²) in [5.74, 6) is 1.04. The Balaban J connectivity index is 1.87. The van der Waals surface area contributed by atoms with E-state index in [0.717, 1.165) is 29.5 Å². The van der Waals surface area contributed by atoms with Gasteiger partial charge >= 0.3 is 0 Å². The molecule has 0 fully saturated rings. The molecule has 18 heavy (non-hydrogen) atoms. The molecule has 1 aromatic heterocycles. The van der Waals surface area contributed by atoms with Crippen molar-refractivity contribution in [3.8, 4) is 0 Å². The molecule has 1 N–H and O–H groups in total. The first-order valence-corrected chi connectivity index (χ1v) is 6.52. The van der Waals surface area contributed by atoms with Gasteiger partial charge in [-0.2, -0.15) is 0 Å². The van der Waals surface area contributed by atoms with E-state index in [4.69, 9.17) is 11.6 Å². The Morgan fingerprint density at radius 1 is 1.39 bits per heavy atom. The van der Waals surface area contributed by atoms with Gasteiger partial charge in [0.2, 0.25) is 0 Å². The summed E-state index contributed by atoms with van der Waals surface area (Å²) in [4.78, 5) is 4.20. The number of halogens is 1. The molecule has 0 spiro atoms. The first-order valence-electron chi connectivity index (χ1n) is 6.14. The van der Waals surface area contributed by atoms with Gasteiger partial charge in [-0.25, -0.2) is 4.98 Å². The third-order valence-corrected chi connectivity index (χ3v) is 3.44.